The topological polar surface area (TPSA) is 63.7 Å². The van der Waals surface area contributed by atoms with Crippen molar-refractivity contribution in [3.63, 3.8) is 0 Å². The molecule has 1 aromatic heterocycles. The Morgan fingerprint density at radius 2 is 2.23 bits per heavy atom. The van der Waals surface area contributed by atoms with E-state index in [0.717, 1.165) is 48.5 Å². The van der Waals surface area contributed by atoms with E-state index in [2.05, 4.69) is 20.8 Å². The van der Waals surface area contributed by atoms with Gasteiger partial charge in [0.25, 0.3) is 0 Å². The summed E-state index contributed by atoms with van der Waals surface area (Å²) in [6.07, 6.45) is 2.91. The Morgan fingerprint density at radius 3 is 3.00 bits per heavy atom. The fraction of sp³-hybridized carbons (Fsp3) is 0.412. The largest absolute Gasteiger partial charge is 0.497 e. The van der Waals surface area contributed by atoms with Gasteiger partial charge in [-0.3, -0.25) is 9.79 Å². The lowest BCUT2D eigenvalue weighted by molar-refractivity contribution is -0.140. The molecule has 1 aliphatic rings. The molecule has 1 aliphatic heterocycles. The Hall–Kier alpha value is -2.30. The van der Waals surface area contributed by atoms with Gasteiger partial charge in [0.2, 0.25) is 0 Å². The number of aliphatic imine (C=N–C) groups is 1. The van der Waals surface area contributed by atoms with Crippen molar-refractivity contribution >= 4 is 22.6 Å². The van der Waals surface area contributed by atoms with Crippen LogP contribution in [-0.2, 0) is 16.0 Å². The number of nitrogens with zero attached hydrogens (tertiary/aromatic N) is 1. The number of H-pyrrole nitrogens is 1. The van der Waals surface area contributed by atoms with Gasteiger partial charge in [-0.05, 0) is 37.0 Å². The van der Waals surface area contributed by atoms with Gasteiger partial charge in [0.15, 0.2) is 0 Å². The van der Waals surface area contributed by atoms with Crippen LogP contribution in [0.15, 0.2) is 23.2 Å². The molecule has 0 saturated carbocycles. The van der Waals surface area contributed by atoms with Gasteiger partial charge in [0, 0.05) is 29.9 Å². The molecule has 1 aromatic carbocycles. The van der Waals surface area contributed by atoms with Gasteiger partial charge in [-0.15, -0.1) is 0 Å². The van der Waals surface area contributed by atoms with Crippen LogP contribution in [0.1, 0.15) is 30.5 Å². The molecule has 0 amide bonds. The molecule has 2 aromatic rings. The van der Waals surface area contributed by atoms with Gasteiger partial charge in [0.1, 0.15) is 5.75 Å². The molecule has 5 nitrogen and oxygen atoms in total. The number of ether oxygens (including phenoxy) is 2. The zero-order valence-corrected chi connectivity index (χ0v) is 12.9. The van der Waals surface area contributed by atoms with Gasteiger partial charge in [0.05, 0.1) is 25.6 Å². The molecule has 0 bridgehead atoms. The first-order valence-corrected chi connectivity index (χ1v) is 7.52. The second kappa shape index (κ2) is 6.22. The van der Waals surface area contributed by atoms with Crippen molar-refractivity contribution in [1.29, 1.82) is 0 Å². The highest BCUT2D eigenvalue weighted by Crippen LogP contribution is 2.29. The molecule has 116 valence electrons. The lowest BCUT2D eigenvalue weighted by atomic mass is 9.99. The third-order valence-electron chi connectivity index (χ3n) is 4.09. The highest BCUT2D eigenvalue weighted by molar-refractivity contribution is 6.06. The Kier molecular flexibility index (Phi) is 4.13. The Morgan fingerprint density at radius 1 is 1.36 bits per heavy atom. The number of hydrogen-bond acceptors (Lipinski definition) is 4. The smallest absolute Gasteiger partial charge is 0.305 e. The number of fused-ring (bicyclic) bond motifs is 3. The van der Waals surface area contributed by atoms with Crippen molar-refractivity contribution in [2.75, 3.05) is 20.8 Å². The van der Waals surface area contributed by atoms with Crippen LogP contribution >= 0.6 is 0 Å². The summed E-state index contributed by atoms with van der Waals surface area (Å²) >= 11 is 0. The molecular weight excluding hydrogens is 280 g/mol. The number of hydrogen-bond donors (Lipinski definition) is 1. The second-order valence-corrected chi connectivity index (χ2v) is 5.40. The van der Waals surface area contributed by atoms with E-state index in [0.29, 0.717) is 6.42 Å². The first-order chi connectivity index (χ1) is 10.7. The number of carbonyl (C=O) groups is 1. The third kappa shape index (κ3) is 2.71. The number of benzene rings is 1. The third-order valence-corrected chi connectivity index (χ3v) is 4.09. The van der Waals surface area contributed by atoms with Crippen molar-refractivity contribution in [3.05, 3.63) is 29.5 Å². The first kappa shape index (κ1) is 14.6. The quantitative estimate of drug-likeness (QED) is 0.864. The molecule has 0 atom stereocenters. The molecule has 0 unspecified atom stereocenters. The van der Waals surface area contributed by atoms with E-state index in [1.54, 1.807) is 7.11 Å². The summed E-state index contributed by atoms with van der Waals surface area (Å²) in [4.78, 5) is 19.3. The van der Waals surface area contributed by atoms with Crippen molar-refractivity contribution in [3.8, 4) is 5.75 Å². The first-order valence-electron chi connectivity index (χ1n) is 7.52. The fourth-order valence-corrected chi connectivity index (χ4v) is 2.96. The standard InChI is InChI=1S/C17H20N2O3/c1-21-11-6-7-12-13-8-9-18-14(4-3-5-16(20)22-2)17(13)19-15(12)10-11/h6-7,10,19H,3-5,8-9H2,1-2H3. The van der Waals surface area contributed by atoms with Crippen LogP contribution in [0.3, 0.4) is 0 Å². The normalized spacial score (nSPS) is 13.6. The lowest BCUT2D eigenvalue weighted by Crippen LogP contribution is -2.13. The van der Waals surface area contributed by atoms with E-state index < -0.39 is 0 Å². The van der Waals surface area contributed by atoms with Crippen LogP contribution in [0.4, 0.5) is 0 Å². The maximum atomic E-state index is 11.2. The zero-order chi connectivity index (χ0) is 15.5. The predicted molar refractivity (Wildman–Crippen MR) is 85.8 cm³/mol. The van der Waals surface area contributed by atoms with Crippen LogP contribution in [0.2, 0.25) is 0 Å². The zero-order valence-electron chi connectivity index (χ0n) is 12.9. The van der Waals surface area contributed by atoms with Crippen LogP contribution in [0.25, 0.3) is 10.9 Å². The molecule has 0 radical (unpaired) electrons. The molecule has 2 heterocycles. The highest BCUT2D eigenvalue weighted by Gasteiger charge is 2.19. The molecule has 0 saturated heterocycles. The summed E-state index contributed by atoms with van der Waals surface area (Å²) in [7, 11) is 3.09. The molecule has 0 fully saturated rings. The number of carbonyl (C=O) groups excluding carboxylic acids is 1. The van der Waals surface area contributed by atoms with Crippen LogP contribution in [0, 0.1) is 0 Å². The van der Waals surface area contributed by atoms with Crippen LogP contribution in [-0.4, -0.2) is 37.4 Å². The minimum absolute atomic E-state index is 0.169. The van der Waals surface area contributed by atoms with E-state index in [1.165, 1.54) is 18.1 Å². The Balaban J connectivity index is 1.84. The number of esters is 1. The molecule has 1 N–H and O–H groups in total. The minimum Gasteiger partial charge on any atom is -0.497 e. The Bertz CT molecular complexity index is 731. The summed E-state index contributed by atoms with van der Waals surface area (Å²) in [6, 6.07) is 6.10. The van der Waals surface area contributed by atoms with Crippen molar-refractivity contribution in [2.24, 2.45) is 4.99 Å². The lowest BCUT2D eigenvalue weighted by Gasteiger charge is -2.13. The number of methoxy groups -OCH3 is 2. The maximum Gasteiger partial charge on any atom is 0.305 e. The van der Waals surface area contributed by atoms with E-state index in [9.17, 15) is 4.79 Å². The van der Waals surface area contributed by atoms with Gasteiger partial charge >= 0.3 is 5.97 Å². The monoisotopic (exact) mass is 300 g/mol. The number of aromatic nitrogens is 1. The fourth-order valence-electron chi connectivity index (χ4n) is 2.96. The number of aromatic amines is 1. The highest BCUT2D eigenvalue weighted by atomic mass is 16.5. The van der Waals surface area contributed by atoms with Crippen molar-refractivity contribution in [1.82, 2.24) is 4.98 Å². The summed E-state index contributed by atoms with van der Waals surface area (Å²) < 4.78 is 9.97. The molecule has 3 rings (SSSR count). The van der Waals surface area contributed by atoms with Gasteiger partial charge < -0.3 is 14.5 Å². The average Bonchev–Trinajstić information content (AvgIpc) is 2.93. The number of nitrogens with one attached hydrogen (secondary N) is 1. The summed E-state index contributed by atoms with van der Waals surface area (Å²) in [5.74, 6) is 0.674. The average molecular weight is 300 g/mol. The summed E-state index contributed by atoms with van der Waals surface area (Å²) in [6.45, 7) is 0.805. The van der Waals surface area contributed by atoms with E-state index >= 15 is 0 Å². The molecule has 0 aliphatic carbocycles. The van der Waals surface area contributed by atoms with Gasteiger partial charge in [-0.25, -0.2) is 0 Å². The minimum atomic E-state index is -0.169. The van der Waals surface area contributed by atoms with E-state index in [-0.39, 0.29) is 5.97 Å². The van der Waals surface area contributed by atoms with Crippen LogP contribution < -0.4 is 4.74 Å². The van der Waals surface area contributed by atoms with E-state index in [4.69, 9.17) is 4.74 Å². The van der Waals surface area contributed by atoms with Gasteiger partial charge in [-0.1, -0.05) is 0 Å². The van der Waals surface area contributed by atoms with Crippen molar-refractivity contribution in [2.45, 2.75) is 25.7 Å². The molecule has 22 heavy (non-hydrogen) atoms. The maximum absolute atomic E-state index is 11.2. The summed E-state index contributed by atoms with van der Waals surface area (Å²) in [5.41, 5.74) is 4.56. The molecule has 0 spiro atoms. The molecular formula is C17H20N2O3. The number of rotatable bonds is 5. The Labute approximate surface area is 129 Å². The second-order valence-electron chi connectivity index (χ2n) is 5.40. The van der Waals surface area contributed by atoms with Gasteiger partial charge in [-0.2, -0.15) is 0 Å². The van der Waals surface area contributed by atoms with E-state index in [1.807, 2.05) is 12.1 Å². The SMILES string of the molecule is COC(=O)CCCC1=NCCc2c1[nH]c1cc(OC)ccc21. The van der Waals surface area contributed by atoms with Crippen LogP contribution in [0.5, 0.6) is 5.75 Å². The van der Waals surface area contributed by atoms with Crippen molar-refractivity contribution < 1.29 is 14.3 Å². The predicted octanol–water partition coefficient (Wildman–Crippen LogP) is 2.87. The summed E-state index contributed by atoms with van der Waals surface area (Å²) in [5, 5.41) is 1.23. The molecule has 5 heteroatoms.